The summed E-state index contributed by atoms with van der Waals surface area (Å²) in [7, 11) is 0. The number of amides is 1. The van der Waals surface area contributed by atoms with Gasteiger partial charge >= 0.3 is 0 Å². The highest BCUT2D eigenvalue weighted by atomic mass is 32.2. The van der Waals surface area contributed by atoms with Crippen molar-refractivity contribution in [2.45, 2.75) is 6.42 Å². The lowest BCUT2D eigenvalue weighted by Gasteiger charge is -2.10. The number of amidine groups is 1. The van der Waals surface area contributed by atoms with E-state index in [0.29, 0.717) is 23.7 Å². The van der Waals surface area contributed by atoms with Crippen molar-refractivity contribution in [3.8, 4) is 5.75 Å². The van der Waals surface area contributed by atoms with Gasteiger partial charge in [0, 0.05) is 18.0 Å². The molecule has 4 rings (SSSR count). The molecule has 28 heavy (non-hydrogen) atoms. The monoisotopic (exact) mass is 393 g/mol. The number of pyridine rings is 1. The molecular weight excluding hydrogens is 377 g/mol. The van der Waals surface area contributed by atoms with E-state index in [-0.39, 0.29) is 16.9 Å². The quantitative estimate of drug-likeness (QED) is 0.665. The number of hydrogen-bond donors (Lipinski definition) is 1. The molecule has 1 amide bonds. The van der Waals surface area contributed by atoms with Crippen LogP contribution in [0.5, 0.6) is 5.75 Å². The maximum absolute atomic E-state index is 13.0. The molecule has 0 radical (unpaired) electrons. The molecule has 0 atom stereocenters. The third-order valence-electron chi connectivity index (χ3n) is 4.22. The van der Waals surface area contributed by atoms with Crippen LogP contribution in [0.15, 0.2) is 64.6 Å². The molecule has 3 aromatic rings. The van der Waals surface area contributed by atoms with Gasteiger partial charge in [-0.1, -0.05) is 18.2 Å². The summed E-state index contributed by atoms with van der Waals surface area (Å²) in [4.78, 5) is 20.4. The lowest BCUT2D eigenvalue weighted by molar-refractivity contribution is -0.113. The van der Waals surface area contributed by atoms with Crippen LogP contribution in [0.2, 0.25) is 0 Å². The minimum Gasteiger partial charge on any atom is -0.492 e. The maximum Gasteiger partial charge on any atom is 0.286 e. The zero-order valence-electron chi connectivity index (χ0n) is 14.8. The van der Waals surface area contributed by atoms with Crippen molar-refractivity contribution < 1.29 is 13.9 Å². The van der Waals surface area contributed by atoms with E-state index in [0.717, 1.165) is 33.8 Å². The maximum atomic E-state index is 13.0. The van der Waals surface area contributed by atoms with Gasteiger partial charge in [0.2, 0.25) is 0 Å². The third-order valence-corrected chi connectivity index (χ3v) is 5.03. The first-order valence-corrected chi connectivity index (χ1v) is 9.44. The number of aromatic nitrogens is 1. The number of halogens is 1. The number of nitrogens with zero attached hydrogens (tertiary/aromatic N) is 2. The summed E-state index contributed by atoms with van der Waals surface area (Å²) in [5.41, 5.74) is 8.23. The average molecular weight is 393 g/mol. The van der Waals surface area contributed by atoms with Crippen molar-refractivity contribution in [1.29, 1.82) is 0 Å². The van der Waals surface area contributed by atoms with Gasteiger partial charge in [-0.3, -0.25) is 9.78 Å². The molecular formula is C21H16FN3O2S. The molecule has 0 saturated carbocycles. The minimum atomic E-state index is -0.329. The van der Waals surface area contributed by atoms with E-state index in [2.05, 4.69) is 9.98 Å². The first kappa shape index (κ1) is 18.2. The van der Waals surface area contributed by atoms with Gasteiger partial charge < -0.3 is 10.5 Å². The molecule has 0 spiro atoms. The van der Waals surface area contributed by atoms with Gasteiger partial charge in [0.25, 0.3) is 5.91 Å². The molecule has 1 aliphatic heterocycles. The highest BCUT2D eigenvalue weighted by Crippen LogP contribution is 2.29. The lowest BCUT2D eigenvalue weighted by atomic mass is 10.1. The highest BCUT2D eigenvalue weighted by molar-refractivity contribution is 8.18. The van der Waals surface area contributed by atoms with E-state index in [1.54, 1.807) is 30.5 Å². The normalized spacial score (nSPS) is 15.2. The first-order chi connectivity index (χ1) is 13.6. The average Bonchev–Trinajstić information content (AvgIpc) is 3.00. The van der Waals surface area contributed by atoms with Crippen LogP contribution in [0.1, 0.15) is 11.1 Å². The SMILES string of the molecule is NC1=NC(=O)/C(=C\c2ccc3nccc(OCCc4ccc(F)cc4)c3c2)S1. The third kappa shape index (κ3) is 4.04. The van der Waals surface area contributed by atoms with Crippen molar-refractivity contribution in [2.24, 2.45) is 10.7 Å². The molecule has 0 unspecified atom stereocenters. The zero-order valence-corrected chi connectivity index (χ0v) is 15.6. The van der Waals surface area contributed by atoms with E-state index in [1.807, 2.05) is 18.2 Å². The Morgan fingerprint density at radius 2 is 1.96 bits per heavy atom. The smallest absolute Gasteiger partial charge is 0.286 e. The Morgan fingerprint density at radius 3 is 2.71 bits per heavy atom. The Kier molecular flexibility index (Phi) is 5.08. The minimum absolute atomic E-state index is 0.252. The van der Waals surface area contributed by atoms with Gasteiger partial charge in [-0.05, 0) is 59.3 Å². The molecule has 0 bridgehead atoms. The van der Waals surface area contributed by atoms with Crippen LogP contribution in [0.4, 0.5) is 4.39 Å². The number of fused-ring (bicyclic) bond motifs is 1. The fourth-order valence-corrected chi connectivity index (χ4v) is 3.54. The van der Waals surface area contributed by atoms with Crippen LogP contribution in [0, 0.1) is 5.82 Å². The molecule has 2 heterocycles. The van der Waals surface area contributed by atoms with Crippen LogP contribution in [0.3, 0.4) is 0 Å². The fraction of sp³-hybridized carbons (Fsp3) is 0.0952. The first-order valence-electron chi connectivity index (χ1n) is 8.62. The van der Waals surface area contributed by atoms with E-state index in [9.17, 15) is 9.18 Å². The molecule has 1 aromatic heterocycles. The Hall–Kier alpha value is -3.19. The standard InChI is InChI=1S/C21H16FN3O2S/c22-15-4-1-13(2-5-15)8-10-27-18-7-9-24-17-6-3-14(11-16(17)18)12-19-20(26)25-21(23)28-19/h1-7,9,11-12H,8,10H2,(H2,23,25,26)/b19-12+. The molecule has 0 fully saturated rings. The summed E-state index contributed by atoms with van der Waals surface area (Å²) in [5.74, 6) is 0.121. The topological polar surface area (TPSA) is 77.6 Å². The number of rotatable bonds is 5. The summed E-state index contributed by atoms with van der Waals surface area (Å²) in [5, 5.41) is 1.10. The number of ether oxygens (including phenoxy) is 1. The summed E-state index contributed by atoms with van der Waals surface area (Å²) in [6, 6.07) is 13.9. The summed E-state index contributed by atoms with van der Waals surface area (Å²) in [6.07, 6.45) is 4.11. The van der Waals surface area contributed by atoms with Crippen LogP contribution >= 0.6 is 11.8 Å². The van der Waals surface area contributed by atoms with Crippen LogP contribution in [-0.2, 0) is 11.2 Å². The zero-order chi connectivity index (χ0) is 19.5. The molecule has 5 nitrogen and oxygen atoms in total. The van der Waals surface area contributed by atoms with E-state index in [4.69, 9.17) is 10.5 Å². The Bertz CT molecular complexity index is 1110. The molecule has 7 heteroatoms. The predicted octanol–water partition coefficient (Wildman–Crippen LogP) is 3.92. The highest BCUT2D eigenvalue weighted by Gasteiger charge is 2.19. The Balaban J connectivity index is 1.54. The molecule has 1 aliphatic rings. The van der Waals surface area contributed by atoms with Gasteiger partial charge in [0.05, 0.1) is 17.0 Å². The van der Waals surface area contributed by atoms with Crippen LogP contribution in [-0.4, -0.2) is 22.7 Å². The number of thioether (sulfide) groups is 1. The predicted molar refractivity (Wildman–Crippen MR) is 110 cm³/mol. The van der Waals surface area contributed by atoms with Crippen molar-refractivity contribution in [1.82, 2.24) is 4.98 Å². The van der Waals surface area contributed by atoms with Crippen molar-refractivity contribution in [3.63, 3.8) is 0 Å². The summed E-state index contributed by atoms with van der Waals surface area (Å²) in [6.45, 7) is 0.453. The summed E-state index contributed by atoms with van der Waals surface area (Å²) >= 11 is 1.16. The van der Waals surface area contributed by atoms with Gasteiger partial charge in [-0.15, -0.1) is 0 Å². The van der Waals surface area contributed by atoms with Gasteiger partial charge in [-0.2, -0.15) is 4.99 Å². The van der Waals surface area contributed by atoms with Crippen LogP contribution < -0.4 is 10.5 Å². The summed E-state index contributed by atoms with van der Waals surface area (Å²) < 4.78 is 18.9. The molecule has 2 N–H and O–H groups in total. The number of carbonyl (C=O) groups excluding carboxylic acids is 1. The van der Waals surface area contributed by atoms with Gasteiger partial charge in [0.1, 0.15) is 11.6 Å². The van der Waals surface area contributed by atoms with E-state index in [1.165, 1.54) is 12.1 Å². The molecule has 2 aromatic carbocycles. The number of aliphatic imine (C=N–C) groups is 1. The Labute approximate surface area is 165 Å². The van der Waals surface area contributed by atoms with Crippen molar-refractivity contribution in [3.05, 3.63) is 76.6 Å². The van der Waals surface area contributed by atoms with Crippen molar-refractivity contribution >= 4 is 39.8 Å². The van der Waals surface area contributed by atoms with Crippen LogP contribution in [0.25, 0.3) is 17.0 Å². The second-order valence-electron chi connectivity index (χ2n) is 6.18. The van der Waals surface area contributed by atoms with Gasteiger partial charge in [-0.25, -0.2) is 4.39 Å². The van der Waals surface area contributed by atoms with E-state index >= 15 is 0 Å². The largest absolute Gasteiger partial charge is 0.492 e. The Morgan fingerprint density at radius 1 is 1.14 bits per heavy atom. The van der Waals surface area contributed by atoms with Crippen molar-refractivity contribution in [2.75, 3.05) is 6.61 Å². The molecule has 0 saturated heterocycles. The van der Waals surface area contributed by atoms with Gasteiger partial charge in [0.15, 0.2) is 5.17 Å². The fourth-order valence-electron chi connectivity index (χ4n) is 2.86. The molecule has 0 aliphatic carbocycles. The lowest BCUT2D eigenvalue weighted by Crippen LogP contribution is -2.02. The number of nitrogens with two attached hydrogens (primary N) is 1. The number of carbonyl (C=O) groups is 1. The number of hydrogen-bond acceptors (Lipinski definition) is 5. The van der Waals surface area contributed by atoms with E-state index < -0.39 is 0 Å². The second-order valence-corrected chi connectivity index (χ2v) is 7.24. The second kappa shape index (κ2) is 7.82. The number of benzene rings is 2. The molecule has 140 valence electrons.